The number of hydrogen-bond donors (Lipinski definition) is 0. The summed E-state index contributed by atoms with van der Waals surface area (Å²) in [7, 11) is 0. The van der Waals surface area contributed by atoms with E-state index in [1.807, 2.05) is 6.92 Å². The molecule has 0 aromatic carbocycles. The maximum atomic E-state index is 10.7. The standard InChI is InChI=1S/C8H16.C7H9O2.C3H6O.W/c1-7-3-5-8(2)6-4-7;1-4-5(2)7(8)9-6(4)3;1-3(2)4;/h7-8H,3-6H2,1-2H3;4H,3H2,1-2H3;1-2H3;/q;-1;;. The fourth-order valence-electron chi connectivity index (χ4n) is 2.13. The minimum Gasteiger partial charge on any atom is -0.459 e. The van der Waals surface area contributed by atoms with Crippen molar-refractivity contribution < 1.29 is 35.4 Å². The van der Waals surface area contributed by atoms with Gasteiger partial charge in [-0.2, -0.15) is 6.92 Å². The number of ketones is 1. The third-order valence-electron chi connectivity index (χ3n) is 3.98. The van der Waals surface area contributed by atoms with Crippen molar-refractivity contribution in [3.8, 4) is 0 Å². The molecule has 2 aliphatic rings. The number of ether oxygens (including phenoxy) is 1. The molecular weight excluding hydrogens is 448 g/mol. The fraction of sp³-hybridized carbons (Fsp3) is 0.722. The molecule has 1 saturated heterocycles. The summed E-state index contributed by atoms with van der Waals surface area (Å²) in [6.07, 6.45) is 5.89. The van der Waals surface area contributed by atoms with Gasteiger partial charge in [-0.3, -0.25) is 10.7 Å². The number of carbonyl (C=O) groups is 2. The summed E-state index contributed by atoms with van der Waals surface area (Å²) in [5.41, 5.74) is 0. The summed E-state index contributed by atoms with van der Waals surface area (Å²) < 4.78 is 4.72. The van der Waals surface area contributed by atoms with Crippen molar-refractivity contribution >= 4 is 11.8 Å². The largest absolute Gasteiger partial charge is 0.459 e. The summed E-state index contributed by atoms with van der Waals surface area (Å²) in [4.78, 5) is 20.1. The Morgan fingerprint density at radius 2 is 1.41 bits per heavy atom. The Kier molecular flexibility index (Phi) is 12.9. The average Bonchev–Trinajstić information content (AvgIpc) is 2.60. The molecule has 128 valence electrons. The molecule has 1 aliphatic heterocycles. The monoisotopic (exact) mass is 479 g/mol. The van der Waals surface area contributed by atoms with Crippen molar-refractivity contribution in [2.45, 2.75) is 67.2 Å². The van der Waals surface area contributed by atoms with E-state index in [1.54, 1.807) is 6.92 Å². The average molecular weight is 479 g/mol. The summed E-state index contributed by atoms with van der Waals surface area (Å²) in [5.74, 6) is 3.40. The van der Waals surface area contributed by atoms with E-state index in [1.165, 1.54) is 39.5 Å². The van der Waals surface area contributed by atoms with Gasteiger partial charge in [-0.15, -0.1) is 0 Å². The number of cyclic esters (lactones) is 1. The van der Waals surface area contributed by atoms with Gasteiger partial charge in [0.05, 0.1) is 5.76 Å². The van der Waals surface area contributed by atoms with Gasteiger partial charge in [-0.25, -0.2) is 0 Å². The molecule has 1 heterocycles. The molecule has 3 nitrogen and oxygen atoms in total. The number of rotatable bonds is 0. The Bertz CT molecular complexity index is 325. The third kappa shape index (κ3) is 10.2. The van der Waals surface area contributed by atoms with Crippen LogP contribution in [0.4, 0.5) is 0 Å². The molecule has 0 radical (unpaired) electrons. The smallest absolute Gasteiger partial charge is 0.177 e. The van der Waals surface area contributed by atoms with Crippen LogP contribution in [0.5, 0.6) is 0 Å². The number of carbonyl (C=O) groups excluding carboxylic acids is 2. The first-order valence-electron chi connectivity index (χ1n) is 7.86. The first kappa shape index (κ1) is 23.7. The molecule has 0 N–H and O–H groups in total. The summed E-state index contributed by atoms with van der Waals surface area (Å²) in [6.45, 7) is 15.0. The number of allylic oxidation sites excluding steroid dienone is 1. The Labute approximate surface area is 150 Å². The minimum absolute atomic E-state index is 0. The van der Waals surface area contributed by atoms with Crippen LogP contribution in [-0.2, 0) is 35.4 Å². The van der Waals surface area contributed by atoms with Crippen LogP contribution in [0, 0.1) is 23.7 Å². The molecule has 4 heteroatoms. The molecule has 0 aromatic heterocycles. The quantitative estimate of drug-likeness (QED) is 0.374. The predicted octanol–water partition coefficient (Wildman–Crippen LogP) is 4.71. The summed E-state index contributed by atoms with van der Waals surface area (Å²) >= 11 is 0. The van der Waals surface area contributed by atoms with Gasteiger partial charge in [-0.05, 0) is 25.7 Å². The van der Waals surface area contributed by atoms with Crippen molar-refractivity contribution in [2.75, 3.05) is 0 Å². The van der Waals surface area contributed by atoms with Gasteiger partial charge in [0.25, 0.3) is 0 Å². The van der Waals surface area contributed by atoms with E-state index in [2.05, 4.69) is 20.4 Å². The summed E-state index contributed by atoms with van der Waals surface area (Å²) in [5, 5.41) is 0. The molecule has 0 aromatic rings. The van der Waals surface area contributed by atoms with Gasteiger partial charge in [0.1, 0.15) is 5.78 Å². The summed E-state index contributed by atoms with van der Waals surface area (Å²) in [6, 6.07) is 0. The van der Waals surface area contributed by atoms with Crippen LogP contribution in [0.15, 0.2) is 12.3 Å². The molecule has 2 fully saturated rings. The van der Waals surface area contributed by atoms with Crippen molar-refractivity contribution in [3.05, 3.63) is 18.3 Å². The van der Waals surface area contributed by atoms with Crippen molar-refractivity contribution in [1.29, 1.82) is 0 Å². The van der Waals surface area contributed by atoms with E-state index in [9.17, 15) is 9.59 Å². The second kappa shape index (κ2) is 11.9. The van der Waals surface area contributed by atoms with Gasteiger partial charge in [0.2, 0.25) is 0 Å². The van der Waals surface area contributed by atoms with Crippen LogP contribution in [0.25, 0.3) is 0 Å². The van der Waals surface area contributed by atoms with E-state index >= 15 is 0 Å². The molecule has 1 saturated carbocycles. The van der Waals surface area contributed by atoms with Crippen molar-refractivity contribution in [1.82, 2.24) is 0 Å². The van der Waals surface area contributed by atoms with E-state index in [-0.39, 0.29) is 38.7 Å². The SMILES string of the molecule is C=C1OC(=O)[C-](C)C1C.CC(C)=O.CC1CCC(C)CC1.[W]. The molecule has 0 spiro atoms. The first-order valence-corrected chi connectivity index (χ1v) is 7.86. The molecule has 22 heavy (non-hydrogen) atoms. The van der Waals surface area contributed by atoms with Crippen LogP contribution in [0.1, 0.15) is 67.2 Å². The molecule has 1 unspecified atom stereocenters. The molecular formula is C18H31O3W-. The van der Waals surface area contributed by atoms with Crippen LogP contribution in [0.3, 0.4) is 0 Å². The Hall–Kier alpha value is -0.562. The van der Waals surface area contributed by atoms with E-state index in [0.29, 0.717) is 5.76 Å². The maximum absolute atomic E-state index is 10.7. The molecule has 1 atom stereocenters. The second-order valence-corrected chi connectivity index (χ2v) is 6.53. The maximum Gasteiger partial charge on any atom is 0.177 e. The van der Waals surface area contributed by atoms with Gasteiger partial charge in [0, 0.05) is 21.1 Å². The van der Waals surface area contributed by atoms with E-state index in [0.717, 1.165) is 17.8 Å². The Morgan fingerprint density at radius 3 is 1.55 bits per heavy atom. The van der Waals surface area contributed by atoms with Crippen LogP contribution in [-0.4, -0.2) is 11.8 Å². The van der Waals surface area contributed by atoms with Gasteiger partial charge < -0.3 is 9.53 Å². The topological polar surface area (TPSA) is 43.4 Å². The number of esters is 1. The zero-order valence-electron chi connectivity index (χ0n) is 14.9. The zero-order chi connectivity index (χ0) is 16.6. The van der Waals surface area contributed by atoms with E-state index < -0.39 is 0 Å². The second-order valence-electron chi connectivity index (χ2n) is 6.53. The Morgan fingerprint density at radius 1 is 1.09 bits per heavy atom. The predicted molar refractivity (Wildman–Crippen MR) is 86.5 cm³/mol. The van der Waals surface area contributed by atoms with Gasteiger partial charge in [-0.1, -0.05) is 59.0 Å². The normalized spacial score (nSPS) is 26.6. The van der Waals surface area contributed by atoms with Crippen molar-refractivity contribution in [3.63, 3.8) is 0 Å². The molecule has 2 rings (SSSR count). The van der Waals surface area contributed by atoms with Crippen LogP contribution < -0.4 is 0 Å². The number of hydrogen-bond acceptors (Lipinski definition) is 3. The van der Waals surface area contributed by atoms with Crippen LogP contribution >= 0.6 is 0 Å². The van der Waals surface area contributed by atoms with Gasteiger partial charge >= 0.3 is 0 Å². The fourth-order valence-corrected chi connectivity index (χ4v) is 2.13. The number of Topliss-reactive ketones (excluding diaryl/α,β-unsaturated/α-hetero) is 1. The third-order valence-corrected chi connectivity index (χ3v) is 3.98. The Balaban J connectivity index is 0. The zero-order valence-corrected chi connectivity index (χ0v) is 17.8. The molecule has 0 amide bonds. The molecule has 0 bridgehead atoms. The van der Waals surface area contributed by atoms with Crippen LogP contribution in [0.2, 0.25) is 0 Å². The molecule has 1 aliphatic carbocycles. The van der Waals surface area contributed by atoms with Gasteiger partial charge in [0.15, 0.2) is 5.97 Å². The van der Waals surface area contributed by atoms with E-state index in [4.69, 9.17) is 4.74 Å². The van der Waals surface area contributed by atoms with Crippen molar-refractivity contribution in [2.24, 2.45) is 17.8 Å². The first-order chi connectivity index (χ1) is 9.65. The minimum atomic E-state index is -0.229.